The fraction of sp³-hybridized carbons (Fsp3) is 0.353. The van der Waals surface area contributed by atoms with Crippen LogP contribution in [0.4, 0.5) is 24.8 Å². The predicted molar refractivity (Wildman–Crippen MR) is 93.2 cm³/mol. The number of aryl methyl sites for hydroxylation is 1. The SMILES string of the molecule is Cc1cc(C(=O)Nc2ccccc2C(F)(F)F)nc(NCCN(C)C)n1. The van der Waals surface area contributed by atoms with E-state index in [1.54, 1.807) is 6.92 Å². The number of nitrogens with one attached hydrogen (secondary N) is 2. The van der Waals surface area contributed by atoms with Crippen LogP contribution in [0.3, 0.4) is 0 Å². The summed E-state index contributed by atoms with van der Waals surface area (Å²) in [5.74, 6) is -0.482. The maximum absolute atomic E-state index is 13.0. The second kappa shape index (κ2) is 8.13. The minimum atomic E-state index is -4.57. The van der Waals surface area contributed by atoms with Gasteiger partial charge in [-0.1, -0.05) is 12.1 Å². The number of rotatable bonds is 6. The van der Waals surface area contributed by atoms with Crippen molar-refractivity contribution in [1.82, 2.24) is 14.9 Å². The van der Waals surface area contributed by atoms with Crippen molar-refractivity contribution < 1.29 is 18.0 Å². The molecule has 0 saturated heterocycles. The summed E-state index contributed by atoms with van der Waals surface area (Å²) in [7, 11) is 3.82. The van der Waals surface area contributed by atoms with Crippen molar-refractivity contribution in [2.24, 2.45) is 0 Å². The molecule has 0 radical (unpaired) electrons. The Balaban J connectivity index is 2.19. The molecule has 0 aliphatic carbocycles. The van der Waals surface area contributed by atoms with Gasteiger partial charge in [0.25, 0.3) is 5.91 Å². The smallest absolute Gasteiger partial charge is 0.353 e. The van der Waals surface area contributed by atoms with Crippen molar-refractivity contribution in [3.05, 3.63) is 47.3 Å². The lowest BCUT2D eigenvalue weighted by Crippen LogP contribution is -2.23. The number of likely N-dealkylation sites (N-methyl/N-ethyl adjacent to an activating group) is 1. The van der Waals surface area contributed by atoms with E-state index < -0.39 is 17.6 Å². The summed E-state index contributed by atoms with van der Waals surface area (Å²) in [4.78, 5) is 22.6. The molecule has 9 heteroatoms. The number of amides is 1. The van der Waals surface area contributed by atoms with E-state index in [9.17, 15) is 18.0 Å². The quantitative estimate of drug-likeness (QED) is 0.821. The highest BCUT2D eigenvalue weighted by Crippen LogP contribution is 2.34. The normalized spacial score (nSPS) is 11.5. The van der Waals surface area contributed by atoms with E-state index in [-0.39, 0.29) is 17.3 Å². The first kappa shape index (κ1) is 19.6. The monoisotopic (exact) mass is 367 g/mol. The molecule has 1 aromatic heterocycles. The minimum absolute atomic E-state index is 0.0122. The summed E-state index contributed by atoms with van der Waals surface area (Å²) in [6.45, 7) is 2.98. The third-order valence-corrected chi connectivity index (χ3v) is 3.41. The van der Waals surface area contributed by atoms with Gasteiger partial charge in [-0.15, -0.1) is 0 Å². The number of aromatic nitrogens is 2. The summed E-state index contributed by atoms with van der Waals surface area (Å²) in [6, 6.07) is 6.22. The van der Waals surface area contributed by atoms with E-state index in [1.807, 2.05) is 19.0 Å². The number of carbonyl (C=O) groups excluding carboxylic acids is 1. The van der Waals surface area contributed by atoms with Crippen LogP contribution in [0, 0.1) is 6.92 Å². The summed E-state index contributed by atoms with van der Waals surface area (Å²) in [6.07, 6.45) is -4.57. The van der Waals surface area contributed by atoms with Gasteiger partial charge in [-0.2, -0.15) is 13.2 Å². The number of anilines is 2. The summed E-state index contributed by atoms with van der Waals surface area (Å²) in [5, 5.41) is 5.26. The largest absolute Gasteiger partial charge is 0.418 e. The lowest BCUT2D eigenvalue weighted by atomic mass is 10.1. The van der Waals surface area contributed by atoms with Gasteiger partial charge < -0.3 is 15.5 Å². The number of alkyl halides is 3. The van der Waals surface area contributed by atoms with Crippen molar-refractivity contribution in [2.75, 3.05) is 37.8 Å². The number of benzene rings is 1. The summed E-state index contributed by atoms with van der Waals surface area (Å²) >= 11 is 0. The second-order valence-electron chi connectivity index (χ2n) is 5.95. The van der Waals surface area contributed by atoms with Gasteiger partial charge >= 0.3 is 6.18 Å². The zero-order chi connectivity index (χ0) is 19.3. The molecule has 0 atom stereocenters. The molecule has 1 heterocycles. The van der Waals surface area contributed by atoms with Crippen molar-refractivity contribution in [2.45, 2.75) is 13.1 Å². The molecule has 0 unspecified atom stereocenters. The van der Waals surface area contributed by atoms with Crippen LogP contribution in [-0.2, 0) is 6.18 Å². The van der Waals surface area contributed by atoms with Crippen LogP contribution in [0.1, 0.15) is 21.7 Å². The van der Waals surface area contributed by atoms with E-state index in [4.69, 9.17) is 0 Å². The first-order chi connectivity index (χ1) is 12.2. The molecule has 1 amide bonds. The fourth-order valence-electron chi connectivity index (χ4n) is 2.18. The van der Waals surface area contributed by atoms with Gasteiger partial charge in [-0.25, -0.2) is 9.97 Å². The Hall–Kier alpha value is -2.68. The van der Waals surface area contributed by atoms with Crippen molar-refractivity contribution in [3.63, 3.8) is 0 Å². The van der Waals surface area contributed by atoms with Gasteiger partial charge in [0.05, 0.1) is 11.3 Å². The van der Waals surface area contributed by atoms with Gasteiger partial charge in [0.15, 0.2) is 0 Å². The Labute approximate surface area is 149 Å². The first-order valence-electron chi connectivity index (χ1n) is 7.88. The Morgan fingerprint density at radius 2 is 1.88 bits per heavy atom. The second-order valence-corrected chi connectivity index (χ2v) is 5.95. The number of hydrogen-bond acceptors (Lipinski definition) is 5. The van der Waals surface area contributed by atoms with Crippen molar-refractivity contribution in [1.29, 1.82) is 0 Å². The van der Waals surface area contributed by atoms with Crippen molar-refractivity contribution >= 4 is 17.5 Å². The first-order valence-corrected chi connectivity index (χ1v) is 7.88. The Kier molecular flexibility index (Phi) is 6.14. The maximum Gasteiger partial charge on any atom is 0.418 e. The van der Waals surface area contributed by atoms with Crippen LogP contribution in [0.25, 0.3) is 0 Å². The third kappa shape index (κ3) is 5.41. The zero-order valence-corrected chi connectivity index (χ0v) is 14.7. The maximum atomic E-state index is 13.0. The van der Waals surface area contributed by atoms with Gasteiger partial charge in [-0.05, 0) is 39.2 Å². The average Bonchev–Trinajstić information content (AvgIpc) is 2.53. The molecule has 6 nitrogen and oxygen atoms in total. The molecule has 0 aliphatic rings. The Morgan fingerprint density at radius 3 is 2.54 bits per heavy atom. The summed E-state index contributed by atoms with van der Waals surface area (Å²) < 4.78 is 39.1. The molecule has 0 saturated carbocycles. The molecule has 140 valence electrons. The van der Waals surface area contributed by atoms with Gasteiger partial charge in [0.2, 0.25) is 5.95 Å². The number of para-hydroxylation sites is 1. The van der Waals surface area contributed by atoms with Gasteiger partial charge in [0, 0.05) is 18.8 Å². The molecular formula is C17H20F3N5O. The number of nitrogens with zero attached hydrogens (tertiary/aromatic N) is 3. The lowest BCUT2D eigenvalue weighted by molar-refractivity contribution is -0.136. The highest BCUT2D eigenvalue weighted by molar-refractivity contribution is 6.03. The number of hydrogen-bond donors (Lipinski definition) is 2. The number of carbonyl (C=O) groups is 1. The molecule has 0 bridgehead atoms. The van der Waals surface area contributed by atoms with Crippen LogP contribution in [0.5, 0.6) is 0 Å². The molecule has 0 spiro atoms. The molecule has 2 N–H and O–H groups in total. The van der Waals surface area contributed by atoms with Crippen molar-refractivity contribution in [3.8, 4) is 0 Å². The van der Waals surface area contributed by atoms with Crippen LogP contribution in [0.15, 0.2) is 30.3 Å². The zero-order valence-electron chi connectivity index (χ0n) is 14.7. The highest BCUT2D eigenvalue weighted by Gasteiger charge is 2.33. The van der Waals surface area contributed by atoms with E-state index in [2.05, 4.69) is 20.6 Å². The van der Waals surface area contributed by atoms with Gasteiger partial charge in [0.1, 0.15) is 5.69 Å². The van der Waals surface area contributed by atoms with Crippen LogP contribution < -0.4 is 10.6 Å². The number of halogens is 3. The molecule has 1 aromatic carbocycles. The minimum Gasteiger partial charge on any atom is -0.353 e. The van der Waals surface area contributed by atoms with Crippen LogP contribution in [0.2, 0.25) is 0 Å². The van der Waals surface area contributed by atoms with Crippen LogP contribution >= 0.6 is 0 Å². The lowest BCUT2D eigenvalue weighted by Gasteiger charge is -2.14. The highest BCUT2D eigenvalue weighted by atomic mass is 19.4. The predicted octanol–water partition coefficient (Wildman–Crippen LogP) is 3.03. The van der Waals surface area contributed by atoms with E-state index in [0.29, 0.717) is 12.2 Å². The van der Waals surface area contributed by atoms with E-state index in [0.717, 1.165) is 12.6 Å². The topological polar surface area (TPSA) is 70.2 Å². The third-order valence-electron chi connectivity index (χ3n) is 3.41. The van der Waals surface area contributed by atoms with E-state index in [1.165, 1.54) is 24.3 Å². The molecule has 26 heavy (non-hydrogen) atoms. The van der Waals surface area contributed by atoms with Gasteiger partial charge in [-0.3, -0.25) is 4.79 Å². The molecular weight excluding hydrogens is 347 g/mol. The molecule has 0 aliphatic heterocycles. The molecule has 2 rings (SSSR count). The standard InChI is InChI=1S/C17H20F3N5O/c1-11-10-14(24-16(22-11)21-8-9-25(2)3)15(26)23-13-7-5-4-6-12(13)17(18,19)20/h4-7,10H,8-9H2,1-3H3,(H,23,26)(H,21,22,24). The molecule has 0 fully saturated rings. The summed E-state index contributed by atoms with van der Waals surface area (Å²) in [5.41, 5.74) is -0.713. The Morgan fingerprint density at radius 1 is 1.19 bits per heavy atom. The Bertz CT molecular complexity index is 777. The van der Waals surface area contributed by atoms with Crippen LogP contribution in [-0.4, -0.2) is 48.0 Å². The fourth-order valence-corrected chi connectivity index (χ4v) is 2.18. The average molecular weight is 367 g/mol. The molecule has 2 aromatic rings. The van der Waals surface area contributed by atoms with E-state index >= 15 is 0 Å².